The Kier molecular flexibility index (Phi) is 2.82. The fourth-order valence-electron chi connectivity index (χ4n) is 2.14. The summed E-state index contributed by atoms with van der Waals surface area (Å²) in [6.45, 7) is 1.11. The van der Waals surface area contributed by atoms with Crippen LogP contribution in [0.15, 0.2) is 36.5 Å². The lowest BCUT2D eigenvalue weighted by Gasteiger charge is -2.25. The van der Waals surface area contributed by atoms with Crippen molar-refractivity contribution in [1.82, 2.24) is 10.2 Å². The molecule has 0 aliphatic heterocycles. The molecule has 0 saturated heterocycles. The summed E-state index contributed by atoms with van der Waals surface area (Å²) in [5, 5.41) is 10.4. The second-order valence-corrected chi connectivity index (χ2v) is 4.73. The smallest absolute Gasteiger partial charge is 0.0650 e. The third kappa shape index (κ3) is 2.33. The highest BCUT2D eigenvalue weighted by Gasteiger charge is 2.16. The molecule has 0 amide bonds. The predicted molar refractivity (Wildman–Crippen MR) is 69.9 cm³/mol. The van der Waals surface area contributed by atoms with Gasteiger partial charge >= 0.3 is 0 Å². The van der Waals surface area contributed by atoms with E-state index < -0.39 is 0 Å². The number of H-pyrrole nitrogens is 1. The predicted octanol–water partition coefficient (Wildman–Crippen LogP) is 3.29. The normalized spacial score (nSPS) is 15.5. The van der Waals surface area contributed by atoms with E-state index in [9.17, 15) is 0 Å². The minimum atomic E-state index is 0.891. The summed E-state index contributed by atoms with van der Waals surface area (Å²) in [7, 11) is 0. The van der Waals surface area contributed by atoms with E-state index in [0.29, 0.717) is 0 Å². The average Bonchev–Trinajstić information content (AvgIpc) is 2.81. The highest BCUT2D eigenvalue weighted by Crippen LogP contribution is 2.26. The summed E-state index contributed by atoms with van der Waals surface area (Å²) >= 11 is 0. The van der Waals surface area contributed by atoms with Gasteiger partial charge in [0, 0.05) is 18.4 Å². The molecule has 3 nitrogen and oxygen atoms in total. The van der Waals surface area contributed by atoms with Gasteiger partial charge in [-0.2, -0.15) is 5.10 Å². The van der Waals surface area contributed by atoms with Gasteiger partial charge in [0.15, 0.2) is 0 Å². The zero-order chi connectivity index (χ0) is 11.5. The number of hydrogen-bond acceptors (Lipinski definition) is 2. The Morgan fingerprint density at radius 1 is 1.18 bits per heavy atom. The van der Waals surface area contributed by atoms with E-state index in [0.717, 1.165) is 18.2 Å². The van der Waals surface area contributed by atoms with Crippen LogP contribution in [-0.4, -0.2) is 16.7 Å². The second-order valence-electron chi connectivity index (χ2n) is 4.73. The van der Waals surface area contributed by atoms with Crippen LogP contribution in [0.2, 0.25) is 0 Å². The van der Waals surface area contributed by atoms with Crippen molar-refractivity contribution in [2.75, 3.05) is 11.9 Å². The number of aromatic amines is 1. The fraction of sp³-hybridized carbons (Fsp3) is 0.357. The summed E-state index contributed by atoms with van der Waals surface area (Å²) in [6.07, 6.45) is 5.96. The molecule has 3 heteroatoms. The van der Waals surface area contributed by atoms with E-state index in [-0.39, 0.29) is 0 Å². The Bertz CT molecular complexity index is 455. The molecule has 0 bridgehead atoms. The Balaban J connectivity index is 1.63. The Morgan fingerprint density at radius 3 is 2.59 bits per heavy atom. The van der Waals surface area contributed by atoms with Crippen molar-refractivity contribution in [3.8, 4) is 11.3 Å². The Labute approximate surface area is 101 Å². The Hall–Kier alpha value is -1.77. The van der Waals surface area contributed by atoms with Gasteiger partial charge in [-0.15, -0.1) is 0 Å². The zero-order valence-corrected chi connectivity index (χ0v) is 9.82. The zero-order valence-electron chi connectivity index (χ0n) is 9.82. The van der Waals surface area contributed by atoms with E-state index in [1.54, 1.807) is 6.20 Å². The van der Waals surface area contributed by atoms with Crippen LogP contribution in [0, 0.1) is 5.92 Å². The molecule has 1 aliphatic rings. The fourth-order valence-corrected chi connectivity index (χ4v) is 2.14. The van der Waals surface area contributed by atoms with Gasteiger partial charge in [-0.05, 0) is 42.5 Å². The number of rotatable bonds is 4. The first-order valence-electron chi connectivity index (χ1n) is 6.25. The van der Waals surface area contributed by atoms with Crippen molar-refractivity contribution in [3.05, 3.63) is 36.5 Å². The van der Waals surface area contributed by atoms with Gasteiger partial charge in [-0.1, -0.05) is 18.6 Å². The molecule has 0 spiro atoms. The van der Waals surface area contributed by atoms with Crippen molar-refractivity contribution < 1.29 is 0 Å². The van der Waals surface area contributed by atoms with E-state index >= 15 is 0 Å². The van der Waals surface area contributed by atoms with Crippen molar-refractivity contribution >= 4 is 5.69 Å². The second kappa shape index (κ2) is 4.62. The SMILES string of the molecule is c1cc(-c2ccc(NCC3CCC3)cc2)[nH]n1. The summed E-state index contributed by atoms with van der Waals surface area (Å²) in [4.78, 5) is 0. The molecule has 2 N–H and O–H groups in total. The van der Waals surface area contributed by atoms with Crippen LogP contribution in [0.5, 0.6) is 0 Å². The van der Waals surface area contributed by atoms with Gasteiger partial charge < -0.3 is 5.32 Å². The first-order valence-corrected chi connectivity index (χ1v) is 6.25. The Morgan fingerprint density at radius 2 is 2.00 bits per heavy atom. The van der Waals surface area contributed by atoms with Crippen LogP contribution < -0.4 is 5.32 Å². The molecule has 1 aliphatic carbocycles. The van der Waals surface area contributed by atoms with E-state index in [1.165, 1.54) is 30.5 Å². The maximum Gasteiger partial charge on any atom is 0.0650 e. The number of hydrogen-bond donors (Lipinski definition) is 2. The van der Waals surface area contributed by atoms with Crippen molar-refractivity contribution in [2.45, 2.75) is 19.3 Å². The summed E-state index contributed by atoms with van der Waals surface area (Å²) < 4.78 is 0. The van der Waals surface area contributed by atoms with Crippen molar-refractivity contribution in [3.63, 3.8) is 0 Å². The number of nitrogens with one attached hydrogen (secondary N) is 2. The standard InChI is InChI=1S/C14H17N3/c1-2-11(3-1)10-15-13-6-4-12(5-7-13)14-8-9-16-17-14/h4-9,11,15H,1-3,10H2,(H,16,17). The molecule has 1 aromatic heterocycles. The average molecular weight is 227 g/mol. The topological polar surface area (TPSA) is 40.7 Å². The molecule has 0 radical (unpaired) electrons. The lowest BCUT2D eigenvalue weighted by Crippen LogP contribution is -2.20. The molecule has 0 atom stereocenters. The van der Waals surface area contributed by atoms with Gasteiger partial charge in [0.25, 0.3) is 0 Å². The highest BCUT2D eigenvalue weighted by molar-refractivity contribution is 5.62. The quantitative estimate of drug-likeness (QED) is 0.841. The van der Waals surface area contributed by atoms with Gasteiger partial charge in [-0.25, -0.2) is 0 Å². The molecular weight excluding hydrogens is 210 g/mol. The van der Waals surface area contributed by atoms with Gasteiger partial charge in [0.1, 0.15) is 0 Å². The molecule has 17 heavy (non-hydrogen) atoms. The number of benzene rings is 1. The first-order chi connectivity index (χ1) is 8.42. The van der Waals surface area contributed by atoms with Crippen LogP contribution in [0.25, 0.3) is 11.3 Å². The molecule has 1 heterocycles. The summed E-state index contributed by atoms with van der Waals surface area (Å²) in [5.41, 5.74) is 3.45. The number of nitrogens with zero attached hydrogens (tertiary/aromatic N) is 1. The van der Waals surface area contributed by atoms with Crippen molar-refractivity contribution in [2.24, 2.45) is 5.92 Å². The minimum absolute atomic E-state index is 0.891. The van der Waals surface area contributed by atoms with Gasteiger partial charge in [0.2, 0.25) is 0 Å². The van der Waals surface area contributed by atoms with Crippen LogP contribution in [0.1, 0.15) is 19.3 Å². The monoisotopic (exact) mass is 227 g/mol. The molecule has 1 fully saturated rings. The molecule has 0 unspecified atom stereocenters. The minimum Gasteiger partial charge on any atom is -0.385 e. The van der Waals surface area contributed by atoms with Crippen LogP contribution in [0.3, 0.4) is 0 Å². The van der Waals surface area contributed by atoms with E-state index in [4.69, 9.17) is 0 Å². The van der Waals surface area contributed by atoms with Crippen LogP contribution in [-0.2, 0) is 0 Å². The molecular formula is C14H17N3. The van der Waals surface area contributed by atoms with Crippen LogP contribution in [0.4, 0.5) is 5.69 Å². The number of anilines is 1. The van der Waals surface area contributed by atoms with Crippen molar-refractivity contribution in [1.29, 1.82) is 0 Å². The van der Waals surface area contributed by atoms with Gasteiger partial charge in [0.05, 0.1) is 5.69 Å². The molecule has 88 valence electrons. The third-order valence-corrected chi connectivity index (χ3v) is 3.52. The highest BCUT2D eigenvalue weighted by atomic mass is 15.1. The molecule has 2 aromatic rings. The largest absolute Gasteiger partial charge is 0.385 e. The molecule has 3 rings (SSSR count). The van der Waals surface area contributed by atoms with E-state index in [1.807, 2.05) is 6.07 Å². The molecule has 1 saturated carbocycles. The van der Waals surface area contributed by atoms with E-state index in [2.05, 4.69) is 39.8 Å². The maximum absolute atomic E-state index is 3.96. The van der Waals surface area contributed by atoms with Gasteiger partial charge in [-0.3, -0.25) is 5.10 Å². The summed E-state index contributed by atoms with van der Waals surface area (Å²) in [5.74, 6) is 0.891. The summed E-state index contributed by atoms with van der Waals surface area (Å²) in [6, 6.07) is 10.5. The molecule has 1 aromatic carbocycles. The lowest BCUT2D eigenvalue weighted by atomic mass is 9.85. The number of aromatic nitrogens is 2. The third-order valence-electron chi connectivity index (χ3n) is 3.52. The lowest BCUT2D eigenvalue weighted by molar-refractivity contribution is 0.333. The maximum atomic E-state index is 3.96. The first kappa shape index (κ1) is 10.4. The van der Waals surface area contributed by atoms with Crippen LogP contribution >= 0.6 is 0 Å².